The van der Waals surface area contributed by atoms with Gasteiger partial charge in [0.1, 0.15) is 5.69 Å². The number of aryl methyl sites for hydroxylation is 1. The Balaban J connectivity index is 2.62. The fourth-order valence-corrected chi connectivity index (χ4v) is 1.73. The zero-order valence-corrected chi connectivity index (χ0v) is 13.0. The fraction of sp³-hybridized carbons (Fsp3) is 0.667. The molecule has 0 aliphatic rings. The second-order valence-electron chi connectivity index (χ2n) is 5.46. The number of nitrogens with zero attached hydrogens (tertiary/aromatic N) is 2. The van der Waals surface area contributed by atoms with Crippen molar-refractivity contribution < 1.29 is 4.79 Å². The average molecular weight is 278 g/mol. The minimum atomic E-state index is -0.126. The largest absolute Gasteiger partial charge is 0.354 e. The predicted octanol–water partition coefficient (Wildman–Crippen LogP) is 2.77. The van der Waals surface area contributed by atoms with Gasteiger partial charge in [-0.2, -0.15) is 0 Å². The molecule has 1 amide bonds. The van der Waals surface area contributed by atoms with Gasteiger partial charge in [0.2, 0.25) is 5.95 Å². The van der Waals surface area contributed by atoms with Gasteiger partial charge in [0.25, 0.3) is 5.91 Å². The van der Waals surface area contributed by atoms with Crippen molar-refractivity contribution in [2.24, 2.45) is 5.92 Å². The van der Waals surface area contributed by atoms with Crippen molar-refractivity contribution in [3.63, 3.8) is 0 Å². The smallest absolute Gasteiger partial charge is 0.270 e. The van der Waals surface area contributed by atoms with E-state index < -0.39 is 0 Å². The average Bonchev–Trinajstić information content (AvgIpc) is 2.40. The van der Waals surface area contributed by atoms with E-state index in [4.69, 9.17) is 0 Å². The molecule has 20 heavy (non-hydrogen) atoms. The quantitative estimate of drug-likeness (QED) is 0.718. The van der Waals surface area contributed by atoms with E-state index in [2.05, 4.69) is 41.4 Å². The van der Waals surface area contributed by atoms with Crippen LogP contribution in [0.3, 0.4) is 0 Å². The highest BCUT2D eigenvalue weighted by atomic mass is 16.1. The van der Waals surface area contributed by atoms with Crippen molar-refractivity contribution in [1.82, 2.24) is 15.3 Å². The number of aromatic nitrogens is 2. The number of unbranched alkanes of at least 4 members (excludes halogenated alkanes) is 2. The van der Waals surface area contributed by atoms with E-state index in [0.717, 1.165) is 31.5 Å². The van der Waals surface area contributed by atoms with E-state index in [1.807, 2.05) is 6.92 Å². The van der Waals surface area contributed by atoms with Crippen molar-refractivity contribution in [2.45, 2.75) is 47.0 Å². The summed E-state index contributed by atoms with van der Waals surface area (Å²) in [7, 11) is 0. The summed E-state index contributed by atoms with van der Waals surface area (Å²) in [6, 6.07) is 1.72. The van der Waals surface area contributed by atoms with Crippen LogP contribution in [0, 0.1) is 12.8 Å². The van der Waals surface area contributed by atoms with Crippen LogP contribution in [0.25, 0.3) is 0 Å². The molecule has 1 rings (SSSR count). The molecule has 0 spiro atoms. The minimum Gasteiger partial charge on any atom is -0.354 e. The molecule has 1 aromatic rings. The number of rotatable bonds is 8. The van der Waals surface area contributed by atoms with Crippen molar-refractivity contribution in [1.29, 1.82) is 0 Å². The maximum absolute atomic E-state index is 12.0. The van der Waals surface area contributed by atoms with Crippen molar-refractivity contribution in [3.8, 4) is 0 Å². The zero-order valence-electron chi connectivity index (χ0n) is 13.0. The van der Waals surface area contributed by atoms with Gasteiger partial charge in [0.05, 0.1) is 0 Å². The first kappa shape index (κ1) is 16.4. The maximum Gasteiger partial charge on any atom is 0.270 e. The Morgan fingerprint density at radius 3 is 2.70 bits per heavy atom. The Morgan fingerprint density at radius 2 is 2.05 bits per heavy atom. The molecule has 0 aromatic carbocycles. The van der Waals surface area contributed by atoms with Gasteiger partial charge < -0.3 is 10.6 Å². The van der Waals surface area contributed by atoms with Gasteiger partial charge in [-0.3, -0.25) is 4.79 Å². The Morgan fingerprint density at radius 1 is 1.30 bits per heavy atom. The van der Waals surface area contributed by atoms with Gasteiger partial charge in [0, 0.05) is 18.8 Å². The van der Waals surface area contributed by atoms with Crippen molar-refractivity contribution >= 4 is 11.9 Å². The molecule has 0 aliphatic heterocycles. The second-order valence-corrected chi connectivity index (χ2v) is 5.46. The molecule has 0 radical (unpaired) electrons. The van der Waals surface area contributed by atoms with Crippen LogP contribution in [0.15, 0.2) is 6.07 Å². The third-order valence-corrected chi connectivity index (χ3v) is 2.82. The van der Waals surface area contributed by atoms with Crippen LogP contribution in [-0.2, 0) is 0 Å². The summed E-state index contributed by atoms with van der Waals surface area (Å²) in [5, 5.41) is 6.05. The minimum absolute atomic E-state index is 0.126. The molecule has 5 heteroatoms. The zero-order chi connectivity index (χ0) is 15.0. The van der Waals surface area contributed by atoms with Crippen molar-refractivity contribution in [2.75, 3.05) is 18.4 Å². The summed E-state index contributed by atoms with van der Waals surface area (Å²) in [5.41, 5.74) is 1.23. The molecule has 2 N–H and O–H groups in total. The lowest BCUT2D eigenvalue weighted by atomic mass is 10.2. The normalized spacial score (nSPS) is 10.7. The molecule has 0 atom stereocenters. The van der Waals surface area contributed by atoms with Crippen LogP contribution in [0.1, 0.15) is 56.2 Å². The number of amides is 1. The highest BCUT2D eigenvalue weighted by molar-refractivity contribution is 5.92. The molecule has 0 saturated carbocycles. The Bertz CT molecular complexity index is 432. The number of anilines is 1. The van der Waals surface area contributed by atoms with Crippen LogP contribution >= 0.6 is 0 Å². The Hall–Kier alpha value is -1.65. The first-order valence-corrected chi connectivity index (χ1v) is 7.40. The van der Waals surface area contributed by atoms with Crippen molar-refractivity contribution in [3.05, 3.63) is 17.5 Å². The van der Waals surface area contributed by atoms with Crippen LogP contribution in [0.5, 0.6) is 0 Å². The summed E-state index contributed by atoms with van der Waals surface area (Å²) in [5.74, 6) is 0.905. The summed E-state index contributed by atoms with van der Waals surface area (Å²) in [6.07, 6.45) is 3.28. The first-order chi connectivity index (χ1) is 9.52. The van der Waals surface area contributed by atoms with E-state index >= 15 is 0 Å². The molecule has 0 unspecified atom stereocenters. The lowest BCUT2D eigenvalue weighted by Crippen LogP contribution is -2.26. The topological polar surface area (TPSA) is 66.9 Å². The molecule has 5 nitrogen and oxygen atoms in total. The highest BCUT2D eigenvalue weighted by Crippen LogP contribution is 2.06. The number of nitrogens with one attached hydrogen (secondary N) is 2. The molecule has 0 bridgehead atoms. The van der Waals surface area contributed by atoms with Gasteiger partial charge in [-0.25, -0.2) is 9.97 Å². The summed E-state index contributed by atoms with van der Waals surface area (Å²) < 4.78 is 0. The first-order valence-electron chi connectivity index (χ1n) is 7.40. The van der Waals surface area contributed by atoms with Gasteiger partial charge in [-0.15, -0.1) is 0 Å². The summed E-state index contributed by atoms with van der Waals surface area (Å²) >= 11 is 0. The Kier molecular flexibility index (Phi) is 6.98. The van der Waals surface area contributed by atoms with Crippen LogP contribution in [0.4, 0.5) is 5.95 Å². The lowest BCUT2D eigenvalue weighted by Gasteiger charge is -2.10. The monoisotopic (exact) mass is 278 g/mol. The standard InChI is InChI=1S/C15H26N4O/c1-5-6-7-8-16-14(20)13-9-12(4)18-15(19-13)17-10-11(2)3/h9,11H,5-8,10H2,1-4H3,(H,16,20)(H,17,18,19). The summed E-state index contributed by atoms with van der Waals surface area (Å²) in [4.78, 5) is 20.6. The molecule has 0 fully saturated rings. The van der Waals surface area contributed by atoms with E-state index in [-0.39, 0.29) is 5.91 Å². The van der Waals surface area contributed by atoms with E-state index in [9.17, 15) is 4.79 Å². The van der Waals surface area contributed by atoms with E-state index in [0.29, 0.717) is 24.1 Å². The Labute approximate surface area is 121 Å². The lowest BCUT2D eigenvalue weighted by molar-refractivity contribution is 0.0948. The SMILES string of the molecule is CCCCCNC(=O)c1cc(C)nc(NCC(C)C)n1. The number of hydrogen-bond acceptors (Lipinski definition) is 4. The van der Waals surface area contributed by atoms with E-state index in [1.54, 1.807) is 6.07 Å². The highest BCUT2D eigenvalue weighted by Gasteiger charge is 2.10. The third kappa shape index (κ3) is 5.99. The molecule has 0 aliphatic carbocycles. The van der Waals surface area contributed by atoms with Crippen LogP contribution in [0.2, 0.25) is 0 Å². The third-order valence-electron chi connectivity index (χ3n) is 2.82. The maximum atomic E-state index is 12.0. The fourth-order valence-electron chi connectivity index (χ4n) is 1.73. The molecular formula is C15H26N4O. The van der Waals surface area contributed by atoms with Gasteiger partial charge in [-0.1, -0.05) is 33.6 Å². The molecule has 1 aromatic heterocycles. The second kappa shape index (κ2) is 8.51. The van der Waals surface area contributed by atoms with Gasteiger partial charge in [0.15, 0.2) is 0 Å². The molecule has 112 valence electrons. The van der Waals surface area contributed by atoms with Gasteiger partial charge in [-0.05, 0) is 25.3 Å². The molecule has 0 saturated heterocycles. The van der Waals surface area contributed by atoms with E-state index in [1.165, 1.54) is 0 Å². The predicted molar refractivity (Wildman–Crippen MR) is 82.0 cm³/mol. The molecular weight excluding hydrogens is 252 g/mol. The number of carbonyl (C=O) groups excluding carboxylic acids is 1. The number of carbonyl (C=O) groups is 1. The van der Waals surface area contributed by atoms with Gasteiger partial charge >= 0.3 is 0 Å². The molecule has 1 heterocycles. The number of hydrogen-bond donors (Lipinski definition) is 2. The summed E-state index contributed by atoms with van der Waals surface area (Å²) in [6.45, 7) is 9.73. The van der Waals surface area contributed by atoms with Crippen LogP contribution < -0.4 is 10.6 Å². The van der Waals surface area contributed by atoms with Crippen LogP contribution in [-0.4, -0.2) is 29.0 Å².